The summed E-state index contributed by atoms with van der Waals surface area (Å²) >= 11 is 0. The molecular formula is C13H17N5O. The van der Waals surface area contributed by atoms with Crippen molar-refractivity contribution in [2.45, 2.75) is 44.9 Å². The molecule has 6 nitrogen and oxygen atoms in total. The Balaban J connectivity index is 1.95. The third kappa shape index (κ3) is 2.30. The minimum atomic E-state index is -0.186. The lowest BCUT2D eigenvalue weighted by molar-refractivity contribution is 0.321. The number of anilines is 1. The third-order valence-electron chi connectivity index (χ3n) is 3.09. The topological polar surface area (TPSA) is 90.7 Å². The van der Waals surface area contributed by atoms with E-state index in [0.717, 1.165) is 18.7 Å². The van der Waals surface area contributed by atoms with Crippen LogP contribution in [0.2, 0.25) is 0 Å². The molecule has 0 amide bonds. The van der Waals surface area contributed by atoms with Crippen molar-refractivity contribution < 1.29 is 4.52 Å². The zero-order valence-corrected chi connectivity index (χ0v) is 11.3. The molecule has 0 spiro atoms. The monoisotopic (exact) mass is 259 g/mol. The number of rotatable bonds is 2. The second-order valence-electron chi connectivity index (χ2n) is 5.97. The predicted octanol–water partition coefficient (Wildman–Crippen LogP) is 2.28. The van der Waals surface area contributed by atoms with Gasteiger partial charge in [0, 0.05) is 17.5 Å². The number of nitrogens with two attached hydrogens (primary N) is 1. The molecule has 2 N–H and O–H groups in total. The molecule has 100 valence electrons. The van der Waals surface area contributed by atoms with Gasteiger partial charge in [-0.15, -0.1) is 0 Å². The van der Waals surface area contributed by atoms with Gasteiger partial charge in [-0.05, 0) is 12.8 Å². The zero-order valence-electron chi connectivity index (χ0n) is 11.3. The van der Waals surface area contributed by atoms with Crippen LogP contribution in [0.4, 0.5) is 5.82 Å². The normalized spacial score (nSPS) is 15.7. The lowest BCUT2D eigenvalue weighted by Gasteiger charge is -2.10. The quantitative estimate of drug-likeness (QED) is 0.889. The lowest BCUT2D eigenvalue weighted by Crippen LogP contribution is -2.11. The summed E-state index contributed by atoms with van der Waals surface area (Å²) in [5, 5.41) is 3.96. The largest absolute Gasteiger partial charge is 0.383 e. The van der Waals surface area contributed by atoms with Crippen molar-refractivity contribution in [2.75, 3.05) is 5.73 Å². The molecule has 0 atom stereocenters. The van der Waals surface area contributed by atoms with Gasteiger partial charge in [-0.2, -0.15) is 4.98 Å². The summed E-state index contributed by atoms with van der Waals surface area (Å²) in [6.07, 6.45) is 3.98. The maximum absolute atomic E-state index is 5.96. The highest BCUT2D eigenvalue weighted by molar-refractivity contribution is 5.66. The van der Waals surface area contributed by atoms with Crippen molar-refractivity contribution in [2.24, 2.45) is 0 Å². The van der Waals surface area contributed by atoms with E-state index in [9.17, 15) is 0 Å². The Morgan fingerprint density at radius 3 is 2.53 bits per heavy atom. The molecule has 2 heterocycles. The van der Waals surface area contributed by atoms with E-state index in [1.165, 1.54) is 0 Å². The van der Waals surface area contributed by atoms with Gasteiger partial charge in [-0.1, -0.05) is 25.9 Å². The van der Waals surface area contributed by atoms with Crippen LogP contribution in [-0.4, -0.2) is 20.1 Å². The van der Waals surface area contributed by atoms with Gasteiger partial charge in [-0.25, -0.2) is 9.97 Å². The molecule has 1 aliphatic rings. The van der Waals surface area contributed by atoms with Gasteiger partial charge in [0.2, 0.25) is 11.7 Å². The van der Waals surface area contributed by atoms with Crippen LogP contribution in [-0.2, 0) is 5.41 Å². The fourth-order valence-corrected chi connectivity index (χ4v) is 1.76. The number of hydrogen-bond donors (Lipinski definition) is 1. The molecule has 0 aromatic carbocycles. The Bertz CT molecular complexity index is 610. The molecule has 2 aromatic rings. The summed E-state index contributed by atoms with van der Waals surface area (Å²) in [4.78, 5) is 13.0. The Labute approximate surface area is 111 Å². The van der Waals surface area contributed by atoms with Crippen LogP contribution < -0.4 is 5.73 Å². The molecule has 1 saturated carbocycles. The Morgan fingerprint density at radius 2 is 2.00 bits per heavy atom. The summed E-state index contributed by atoms with van der Waals surface area (Å²) in [7, 11) is 0. The van der Waals surface area contributed by atoms with E-state index in [1.807, 2.05) is 20.8 Å². The van der Waals surface area contributed by atoms with Gasteiger partial charge in [0.05, 0.1) is 5.56 Å². The maximum atomic E-state index is 5.96. The Hall–Kier alpha value is -1.98. The molecule has 0 aliphatic heterocycles. The first-order valence-electron chi connectivity index (χ1n) is 6.42. The van der Waals surface area contributed by atoms with Crippen molar-refractivity contribution in [1.82, 2.24) is 20.1 Å². The van der Waals surface area contributed by atoms with Gasteiger partial charge in [0.25, 0.3) is 0 Å². The number of nitrogens with zero attached hydrogens (tertiary/aromatic N) is 4. The summed E-state index contributed by atoms with van der Waals surface area (Å²) < 4.78 is 5.26. The summed E-state index contributed by atoms with van der Waals surface area (Å²) in [5.41, 5.74) is 6.41. The van der Waals surface area contributed by atoms with Crippen LogP contribution in [0.1, 0.15) is 51.2 Å². The maximum Gasteiger partial charge on any atom is 0.232 e. The van der Waals surface area contributed by atoms with Crippen molar-refractivity contribution >= 4 is 5.82 Å². The van der Waals surface area contributed by atoms with Crippen LogP contribution in [0, 0.1) is 0 Å². The lowest BCUT2D eigenvalue weighted by atomic mass is 9.97. The molecule has 1 fully saturated rings. The van der Waals surface area contributed by atoms with Gasteiger partial charge >= 0.3 is 0 Å². The third-order valence-corrected chi connectivity index (χ3v) is 3.09. The fraction of sp³-hybridized carbons (Fsp3) is 0.538. The van der Waals surface area contributed by atoms with Crippen molar-refractivity contribution in [3.63, 3.8) is 0 Å². The summed E-state index contributed by atoms with van der Waals surface area (Å²) in [6.45, 7) is 6.04. The molecule has 0 bridgehead atoms. The van der Waals surface area contributed by atoms with Crippen LogP contribution in [0.25, 0.3) is 11.4 Å². The van der Waals surface area contributed by atoms with Crippen LogP contribution in [0.5, 0.6) is 0 Å². The highest BCUT2D eigenvalue weighted by Crippen LogP contribution is 2.38. The highest BCUT2D eigenvalue weighted by Gasteiger charge is 2.28. The van der Waals surface area contributed by atoms with E-state index in [1.54, 1.807) is 6.20 Å². The smallest absolute Gasteiger partial charge is 0.232 e. The van der Waals surface area contributed by atoms with Crippen molar-refractivity contribution in [3.05, 3.63) is 17.9 Å². The molecule has 3 rings (SSSR count). The van der Waals surface area contributed by atoms with Crippen LogP contribution >= 0.6 is 0 Å². The number of aromatic nitrogens is 4. The zero-order chi connectivity index (χ0) is 13.6. The minimum Gasteiger partial charge on any atom is -0.383 e. The number of nitrogen functional groups attached to an aromatic ring is 1. The first kappa shape index (κ1) is 12.1. The SMILES string of the molecule is CC(C)(C)c1nc(-c2cnc(C3CC3)nc2N)no1. The molecule has 0 saturated heterocycles. The fourth-order valence-electron chi connectivity index (χ4n) is 1.76. The van der Waals surface area contributed by atoms with E-state index in [2.05, 4.69) is 20.1 Å². The Kier molecular flexibility index (Phi) is 2.55. The summed E-state index contributed by atoms with van der Waals surface area (Å²) in [6, 6.07) is 0. The molecule has 6 heteroatoms. The van der Waals surface area contributed by atoms with E-state index < -0.39 is 0 Å². The predicted molar refractivity (Wildman–Crippen MR) is 70.4 cm³/mol. The standard InChI is InChI=1S/C13H17N5O/c1-13(2,3)12-17-11(18-19-12)8-6-15-10(7-4-5-7)16-9(8)14/h6-7H,4-5H2,1-3H3,(H2,14,15,16). The highest BCUT2D eigenvalue weighted by atomic mass is 16.5. The van der Waals surface area contributed by atoms with Gasteiger partial charge in [0.1, 0.15) is 11.6 Å². The summed E-state index contributed by atoms with van der Waals surface area (Å²) in [5.74, 6) is 2.74. The van der Waals surface area contributed by atoms with Crippen molar-refractivity contribution in [3.8, 4) is 11.4 Å². The second-order valence-corrected chi connectivity index (χ2v) is 5.97. The van der Waals surface area contributed by atoms with E-state index >= 15 is 0 Å². The Morgan fingerprint density at radius 1 is 1.26 bits per heavy atom. The van der Waals surface area contributed by atoms with Crippen molar-refractivity contribution in [1.29, 1.82) is 0 Å². The molecular weight excluding hydrogens is 242 g/mol. The van der Waals surface area contributed by atoms with Gasteiger partial charge in [0.15, 0.2) is 0 Å². The van der Waals surface area contributed by atoms with Gasteiger partial charge < -0.3 is 10.3 Å². The second kappa shape index (κ2) is 4.01. The van der Waals surface area contributed by atoms with E-state index in [-0.39, 0.29) is 5.41 Å². The average Bonchev–Trinajstić information content (AvgIpc) is 3.05. The first-order valence-corrected chi connectivity index (χ1v) is 6.42. The molecule has 19 heavy (non-hydrogen) atoms. The minimum absolute atomic E-state index is 0.186. The molecule has 1 aliphatic carbocycles. The van der Waals surface area contributed by atoms with E-state index in [0.29, 0.717) is 29.0 Å². The van der Waals surface area contributed by atoms with Crippen LogP contribution in [0.3, 0.4) is 0 Å². The molecule has 0 unspecified atom stereocenters. The molecule has 2 aromatic heterocycles. The van der Waals surface area contributed by atoms with E-state index in [4.69, 9.17) is 10.3 Å². The first-order chi connectivity index (χ1) is 8.95. The number of hydrogen-bond acceptors (Lipinski definition) is 6. The van der Waals surface area contributed by atoms with Gasteiger partial charge in [-0.3, -0.25) is 0 Å². The molecule has 0 radical (unpaired) electrons. The average molecular weight is 259 g/mol. The van der Waals surface area contributed by atoms with Crippen LogP contribution in [0.15, 0.2) is 10.7 Å².